The molecule has 2 N–H and O–H groups in total. The van der Waals surface area contributed by atoms with Gasteiger partial charge in [0.15, 0.2) is 5.82 Å². The summed E-state index contributed by atoms with van der Waals surface area (Å²) in [5.41, 5.74) is 0.804. The Kier molecular flexibility index (Phi) is 3.47. The third-order valence-corrected chi connectivity index (χ3v) is 2.28. The molecule has 2 heterocycles. The van der Waals surface area contributed by atoms with Gasteiger partial charge in [-0.15, -0.1) is 0 Å². The molecule has 0 bridgehead atoms. The SMILES string of the molecule is CCNc1nc(-c2cccnc2)ncc1C(=O)O. The minimum Gasteiger partial charge on any atom is -0.477 e. The second-order valence-electron chi connectivity index (χ2n) is 3.53. The van der Waals surface area contributed by atoms with Crippen LogP contribution in [0.25, 0.3) is 11.4 Å². The lowest BCUT2D eigenvalue weighted by Crippen LogP contribution is -2.09. The number of hydrogen-bond donors (Lipinski definition) is 2. The second kappa shape index (κ2) is 5.22. The van der Waals surface area contributed by atoms with Gasteiger partial charge in [-0.05, 0) is 19.1 Å². The van der Waals surface area contributed by atoms with E-state index in [9.17, 15) is 4.79 Å². The van der Waals surface area contributed by atoms with Gasteiger partial charge in [-0.2, -0.15) is 0 Å². The third kappa shape index (κ3) is 2.42. The highest BCUT2D eigenvalue weighted by molar-refractivity contribution is 5.93. The fourth-order valence-electron chi connectivity index (χ4n) is 1.47. The molecule has 92 valence electrons. The number of anilines is 1. The quantitative estimate of drug-likeness (QED) is 0.850. The summed E-state index contributed by atoms with van der Waals surface area (Å²) in [5, 5.41) is 11.9. The average molecular weight is 244 g/mol. The molecule has 2 rings (SSSR count). The van der Waals surface area contributed by atoms with Crippen LogP contribution in [-0.4, -0.2) is 32.6 Å². The van der Waals surface area contributed by atoms with E-state index in [2.05, 4.69) is 20.3 Å². The van der Waals surface area contributed by atoms with Crippen LogP contribution in [0.5, 0.6) is 0 Å². The Balaban J connectivity index is 2.46. The summed E-state index contributed by atoms with van der Waals surface area (Å²) in [4.78, 5) is 23.2. The van der Waals surface area contributed by atoms with E-state index < -0.39 is 5.97 Å². The molecule has 6 nitrogen and oxygen atoms in total. The van der Waals surface area contributed by atoms with Crippen LogP contribution >= 0.6 is 0 Å². The second-order valence-corrected chi connectivity index (χ2v) is 3.53. The van der Waals surface area contributed by atoms with Gasteiger partial charge in [0, 0.05) is 30.7 Å². The molecular weight excluding hydrogens is 232 g/mol. The maximum Gasteiger partial charge on any atom is 0.341 e. The predicted molar refractivity (Wildman–Crippen MR) is 66.4 cm³/mol. The fraction of sp³-hybridized carbons (Fsp3) is 0.167. The van der Waals surface area contributed by atoms with E-state index in [1.165, 1.54) is 6.20 Å². The molecule has 0 unspecified atom stereocenters. The van der Waals surface area contributed by atoms with Crippen molar-refractivity contribution in [2.24, 2.45) is 0 Å². The van der Waals surface area contributed by atoms with Crippen LogP contribution < -0.4 is 5.32 Å². The zero-order chi connectivity index (χ0) is 13.0. The summed E-state index contributed by atoms with van der Waals surface area (Å²) in [7, 11) is 0. The van der Waals surface area contributed by atoms with Gasteiger partial charge in [0.05, 0.1) is 0 Å². The molecule has 0 aliphatic carbocycles. The van der Waals surface area contributed by atoms with Crippen molar-refractivity contribution in [3.05, 3.63) is 36.3 Å². The number of carbonyl (C=O) groups is 1. The lowest BCUT2D eigenvalue weighted by molar-refractivity contribution is 0.0697. The first kappa shape index (κ1) is 12.0. The van der Waals surface area contributed by atoms with Crippen molar-refractivity contribution in [3.8, 4) is 11.4 Å². The normalized spacial score (nSPS) is 10.1. The number of carboxylic acid groups (broad SMARTS) is 1. The Morgan fingerprint density at radius 2 is 2.28 bits per heavy atom. The number of rotatable bonds is 4. The van der Waals surface area contributed by atoms with Crippen LogP contribution in [0.4, 0.5) is 5.82 Å². The Morgan fingerprint density at radius 3 is 2.89 bits per heavy atom. The first-order valence-corrected chi connectivity index (χ1v) is 5.47. The average Bonchev–Trinajstić information content (AvgIpc) is 2.40. The first-order valence-electron chi connectivity index (χ1n) is 5.47. The molecule has 0 aliphatic heterocycles. The van der Waals surface area contributed by atoms with Crippen LogP contribution in [0.2, 0.25) is 0 Å². The van der Waals surface area contributed by atoms with Gasteiger partial charge in [0.1, 0.15) is 11.4 Å². The first-order chi connectivity index (χ1) is 8.72. The van der Waals surface area contributed by atoms with Gasteiger partial charge in [-0.25, -0.2) is 14.8 Å². The molecule has 0 aromatic carbocycles. The zero-order valence-electron chi connectivity index (χ0n) is 9.79. The summed E-state index contributed by atoms with van der Waals surface area (Å²) in [6.07, 6.45) is 4.58. The monoisotopic (exact) mass is 244 g/mol. The number of hydrogen-bond acceptors (Lipinski definition) is 5. The predicted octanol–water partition coefficient (Wildman–Crippen LogP) is 1.67. The van der Waals surface area contributed by atoms with Gasteiger partial charge in [-0.1, -0.05) is 0 Å². The van der Waals surface area contributed by atoms with Crippen LogP contribution in [0.3, 0.4) is 0 Å². The smallest absolute Gasteiger partial charge is 0.341 e. The van der Waals surface area contributed by atoms with Gasteiger partial charge in [0.25, 0.3) is 0 Å². The van der Waals surface area contributed by atoms with Crippen molar-refractivity contribution in [1.82, 2.24) is 15.0 Å². The van der Waals surface area contributed by atoms with Crippen molar-refractivity contribution in [3.63, 3.8) is 0 Å². The number of aromatic nitrogens is 3. The van der Waals surface area contributed by atoms with Gasteiger partial charge in [0.2, 0.25) is 0 Å². The molecule has 2 aromatic rings. The van der Waals surface area contributed by atoms with Crippen molar-refractivity contribution in [1.29, 1.82) is 0 Å². The Hall–Kier alpha value is -2.50. The van der Waals surface area contributed by atoms with Crippen molar-refractivity contribution >= 4 is 11.8 Å². The molecule has 0 fully saturated rings. The maximum atomic E-state index is 11.0. The number of carboxylic acids is 1. The summed E-state index contributed by atoms with van der Waals surface area (Å²) in [6, 6.07) is 3.59. The zero-order valence-corrected chi connectivity index (χ0v) is 9.79. The minimum absolute atomic E-state index is 0.0597. The van der Waals surface area contributed by atoms with Crippen LogP contribution in [0.1, 0.15) is 17.3 Å². The van der Waals surface area contributed by atoms with Crippen LogP contribution in [0.15, 0.2) is 30.7 Å². The molecule has 0 spiro atoms. The summed E-state index contributed by atoms with van der Waals surface area (Å²) < 4.78 is 0. The topological polar surface area (TPSA) is 88.0 Å². The Morgan fingerprint density at radius 1 is 1.44 bits per heavy atom. The third-order valence-electron chi connectivity index (χ3n) is 2.28. The van der Waals surface area contributed by atoms with E-state index in [1.54, 1.807) is 18.5 Å². The largest absolute Gasteiger partial charge is 0.477 e. The lowest BCUT2D eigenvalue weighted by atomic mass is 10.2. The highest BCUT2D eigenvalue weighted by atomic mass is 16.4. The summed E-state index contributed by atoms with van der Waals surface area (Å²) in [5.74, 6) is -0.286. The lowest BCUT2D eigenvalue weighted by Gasteiger charge is -2.07. The number of pyridine rings is 1. The highest BCUT2D eigenvalue weighted by Crippen LogP contribution is 2.18. The molecule has 0 amide bonds. The minimum atomic E-state index is -1.05. The molecule has 0 saturated carbocycles. The van der Waals surface area contributed by atoms with Crippen LogP contribution in [0, 0.1) is 0 Å². The molecule has 0 atom stereocenters. The molecule has 2 aromatic heterocycles. The molecule has 0 radical (unpaired) electrons. The molecule has 6 heteroatoms. The van der Waals surface area contributed by atoms with E-state index in [0.29, 0.717) is 18.2 Å². The Labute approximate surface area is 104 Å². The number of nitrogens with zero attached hydrogens (tertiary/aromatic N) is 3. The number of aromatic carboxylic acids is 1. The van der Waals surface area contributed by atoms with E-state index in [4.69, 9.17) is 5.11 Å². The van der Waals surface area contributed by atoms with Gasteiger partial charge >= 0.3 is 5.97 Å². The van der Waals surface area contributed by atoms with E-state index >= 15 is 0 Å². The van der Waals surface area contributed by atoms with Gasteiger partial charge < -0.3 is 10.4 Å². The van der Waals surface area contributed by atoms with Crippen molar-refractivity contribution < 1.29 is 9.90 Å². The molecule has 0 saturated heterocycles. The number of nitrogens with one attached hydrogen (secondary N) is 1. The molecule has 18 heavy (non-hydrogen) atoms. The summed E-state index contributed by atoms with van der Waals surface area (Å²) in [6.45, 7) is 2.46. The van der Waals surface area contributed by atoms with E-state index in [-0.39, 0.29) is 5.56 Å². The van der Waals surface area contributed by atoms with Gasteiger partial charge in [-0.3, -0.25) is 4.98 Å². The maximum absolute atomic E-state index is 11.0. The highest BCUT2D eigenvalue weighted by Gasteiger charge is 2.13. The molecular formula is C12H12N4O2. The van der Waals surface area contributed by atoms with E-state index in [0.717, 1.165) is 5.56 Å². The van der Waals surface area contributed by atoms with E-state index in [1.807, 2.05) is 13.0 Å². The fourth-order valence-corrected chi connectivity index (χ4v) is 1.47. The van der Waals surface area contributed by atoms with Crippen molar-refractivity contribution in [2.45, 2.75) is 6.92 Å². The van der Waals surface area contributed by atoms with Crippen molar-refractivity contribution in [2.75, 3.05) is 11.9 Å². The summed E-state index contributed by atoms with van der Waals surface area (Å²) >= 11 is 0. The van der Waals surface area contributed by atoms with Crippen LogP contribution in [-0.2, 0) is 0 Å². The Bertz CT molecular complexity index is 557. The standard InChI is InChI=1S/C12H12N4O2/c1-2-14-11-9(12(17)18)7-15-10(16-11)8-4-3-5-13-6-8/h3-7H,2H2,1H3,(H,17,18)(H,14,15,16). The molecule has 0 aliphatic rings.